The maximum Gasteiger partial charge on any atom is 0.311 e. The first-order valence-corrected chi connectivity index (χ1v) is 4.63. The van der Waals surface area contributed by atoms with Gasteiger partial charge in [0, 0.05) is 5.54 Å². The molecule has 0 rings (SSSR count). The number of aliphatic carboxylic acids is 1. The van der Waals surface area contributed by atoms with E-state index in [1.807, 2.05) is 13.8 Å². The first-order chi connectivity index (χ1) is 5.61. The molecule has 0 spiro atoms. The summed E-state index contributed by atoms with van der Waals surface area (Å²) in [7, 11) is 0. The molecule has 0 aromatic rings. The van der Waals surface area contributed by atoms with E-state index in [2.05, 4.69) is 0 Å². The number of rotatable bonds is 4. The highest BCUT2D eigenvalue weighted by molar-refractivity contribution is 5.76. The van der Waals surface area contributed by atoms with Crippen molar-refractivity contribution in [2.45, 2.75) is 46.6 Å². The molecule has 13 heavy (non-hydrogen) atoms. The van der Waals surface area contributed by atoms with Gasteiger partial charge in [-0.3, -0.25) is 4.79 Å². The van der Waals surface area contributed by atoms with Crippen molar-refractivity contribution in [2.75, 3.05) is 0 Å². The lowest BCUT2D eigenvalue weighted by Gasteiger charge is -2.39. The highest BCUT2D eigenvalue weighted by atomic mass is 16.4. The Morgan fingerprint density at radius 1 is 1.38 bits per heavy atom. The zero-order valence-corrected chi connectivity index (χ0v) is 9.22. The number of hydrogen-bond acceptors (Lipinski definition) is 2. The van der Waals surface area contributed by atoms with E-state index in [4.69, 9.17) is 10.8 Å². The third-order valence-corrected chi connectivity index (χ3v) is 2.71. The van der Waals surface area contributed by atoms with E-state index in [1.165, 1.54) is 0 Å². The van der Waals surface area contributed by atoms with Crippen LogP contribution in [-0.2, 0) is 4.79 Å². The van der Waals surface area contributed by atoms with E-state index in [0.717, 1.165) is 0 Å². The van der Waals surface area contributed by atoms with Gasteiger partial charge in [-0.25, -0.2) is 0 Å². The SMILES string of the molecule is CC(C)CC(C)(C(=O)O)C(C)(C)N. The second kappa shape index (κ2) is 3.66. The molecule has 0 bridgehead atoms. The summed E-state index contributed by atoms with van der Waals surface area (Å²) in [6.07, 6.45) is 0.603. The van der Waals surface area contributed by atoms with E-state index >= 15 is 0 Å². The molecule has 0 fully saturated rings. The average Bonchev–Trinajstić information content (AvgIpc) is 1.82. The predicted octanol–water partition coefficient (Wildman–Crippen LogP) is 1.86. The van der Waals surface area contributed by atoms with Crippen LogP contribution in [0.1, 0.15) is 41.0 Å². The third kappa shape index (κ3) is 2.69. The van der Waals surface area contributed by atoms with Crippen LogP contribution in [-0.4, -0.2) is 16.6 Å². The molecule has 0 aromatic heterocycles. The lowest BCUT2D eigenvalue weighted by atomic mass is 9.69. The van der Waals surface area contributed by atoms with Crippen molar-refractivity contribution in [1.29, 1.82) is 0 Å². The van der Waals surface area contributed by atoms with Gasteiger partial charge in [0.1, 0.15) is 0 Å². The Morgan fingerprint density at radius 3 is 1.85 bits per heavy atom. The Balaban J connectivity index is 4.85. The summed E-state index contributed by atoms with van der Waals surface area (Å²) >= 11 is 0. The van der Waals surface area contributed by atoms with Crippen molar-refractivity contribution in [3.05, 3.63) is 0 Å². The molecule has 1 atom stereocenters. The molecular formula is C10H21NO2. The molecule has 0 saturated carbocycles. The molecule has 0 aliphatic heterocycles. The van der Waals surface area contributed by atoms with E-state index in [9.17, 15) is 4.79 Å². The fourth-order valence-electron chi connectivity index (χ4n) is 1.44. The maximum absolute atomic E-state index is 11.1. The molecule has 78 valence electrons. The van der Waals surface area contributed by atoms with Crippen LogP contribution in [0.4, 0.5) is 0 Å². The second-order valence-corrected chi connectivity index (χ2v) is 4.96. The Labute approximate surface area is 80.3 Å². The first kappa shape index (κ1) is 12.4. The van der Waals surface area contributed by atoms with Gasteiger partial charge in [0.15, 0.2) is 0 Å². The molecule has 0 radical (unpaired) electrons. The molecular weight excluding hydrogens is 166 g/mol. The summed E-state index contributed by atoms with van der Waals surface area (Å²) in [5.74, 6) is -0.474. The van der Waals surface area contributed by atoms with Crippen LogP contribution >= 0.6 is 0 Å². The van der Waals surface area contributed by atoms with E-state index < -0.39 is 16.9 Å². The molecule has 0 aromatic carbocycles. The Kier molecular flexibility index (Phi) is 3.50. The molecule has 3 heteroatoms. The van der Waals surface area contributed by atoms with Gasteiger partial charge in [0.25, 0.3) is 0 Å². The smallest absolute Gasteiger partial charge is 0.311 e. The van der Waals surface area contributed by atoms with Crippen LogP contribution in [0.3, 0.4) is 0 Å². The minimum atomic E-state index is -0.846. The van der Waals surface area contributed by atoms with Gasteiger partial charge in [-0.1, -0.05) is 13.8 Å². The van der Waals surface area contributed by atoms with Gasteiger partial charge in [-0.15, -0.1) is 0 Å². The predicted molar refractivity (Wildman–Crippen MR) is 53.5 cm³/mol. The van der Waals surface area contributed by atoms with Crippen LogP contribution in [0.5, 0.6) is 0 Å². The first-order valence-electron chi connectivity index (χ1n) is 4.63. The molecule has 3 nitrogen and oxygen atoms in total. The van der Waals surface area contributed by atoms with Crippen LogP contribution in [0.15, 0.2) is 0 Å². The summed E-state index contributed by atoms with van der Waals surface area (Å²) in [5.41, 5.74) is 4.34. The lowest BCUT2D eigenvalue weighted by Crippen LogP contribution is -2.54. The summed E-state index contributed by atoms with van der Waals surface area (Å²) in [4.78, 5) is 11.1. The largest absolute Gasteiger partial charge is 0.481 e. The standard InChI is InChI=1S/C10H21NO2/c1-7(2)6-10(5,8(12)13)9(3,4)11/h7H,6,11H2,1-5H3,(H,12,13). The Bertz CT molecular complexity index is 194. The van der Waals surface area contributed by atoms with Crippen LogP contribution < -0.4 is 5.73 Å². The monoisotopic (exact) mass is 187 g/mol. The summed E-state index contributed by atoms with van der Waals surface area (Å²) in [5, 5.41) is 9.14. The highest BCUT2D eigenvalue weighted by Gasteiger charge is 2.45. The van der Waals surface area contributed by atoms with Gasteiger partial charge in [-0.2, -0.15) is 0 Å². The molecule has 0 aliphatic rings. The van der Waals surface area contributed by atoms with Gasteiger partial charge in [-0.05, 0) is 33.1 Å². The van der Waals surface area contributed by atoms with Crippen molar-refractivity contribution in [2.24, 2.45) is 17.1 Å². The van der Waals surface area contributed by atoms with E-state index in [-0.39, 0.29) is 0 Å². The topological polar surface area (TPSA) is 63.3 Å². The summed E-state index contributed by atoms with van der Waals surface area (Å²) < 4.78 is 0. The quantitative estimate of drug-likeness (QED) is 0.706. The fourth-order valence-corrected chi connectivity index (χ4v) is 1.44. The fraction of sp³-hybridized carbons (Fsp3) is 0.900. The number of hydrogen-bond donors (Lipinski definition) is 2. The van der Waals surface area contributed by atoms with Crippen molar-refractivity contribution < 1.29 is 9.90 Å². The highest BCUT2D eigenvalue weighted by Crippen LogP contribution is 2.35. The molecule has 1 unspecified atom stereocenters. The van der Waals surface area contributed by atoms with E-state index in [1.54, 1.807) is 20.8 Å². The minimum Gasteiger partial charge on any atom is -0.481 e. The van der Waals surface area contributed by atoms with Crippen LogP contribution in [0.2, 0.25) is 0 Å². The number of carboxylic acid groups (broad SMARTS) is 1. The molecule has 0 amide bonds. The summed E-state index contributed by atoms with van der Waals surface area (Å²) in [6.45, 7) is 9.27. The maximum atomic E-state index is 11.1. The van der Waals surface area contributed by atoms with Crippen molar-refractivity contribution >= 4 is 5.97 Å². The molecule has 3 N–H and O–H groups in total. The number of nitrogens with two attached hydrogens (primary N) is 1. The van der Waals surface area contributed by atoms with Crippen molar-refractivity contribution in [3.63, 3.8) is 0 Å². The van der Waals surface area contributed by atoms with Gasteiger partial charge >= 0.3 is 5.97 Å². The minimum absolute atomic E-state index is 0.337. The van der Waals surface area contributed by atoms with Crippen LogP contribution in [0.25, 0.3) is 0 Å². The number of carbonyl (C=O) groups is 1. The van der Waals surface area contributed by atoms with Gasteiger partial charge < -0.3 is 10.8 Å². The van der Waals surface area contributed by atoms with Crippen molar-refractivity contribution in [3.8, 4) is 0 Å². The Morgan fingerprint density at radius 2 is 1.77 bits per heavy atom. The van der Waals surface area contributed by atoms with Crippen LogP contribution in [0, 0.1) is 11.3 Å². The van der Waals surface area contributed by atoms with Gasteiger partial charge in [0.2, 0.25) is 0 Å². The summed E-state index contributed by atoms with van der Waals surface area (Å²) in [6, 6.07) is 0. The zero-order chi connectivity index (χ0) is 10.9. The molecule has 0 saturated heterocycles. The number of carboxylic acids is 1. The average molecular weight is 187 g/mol. The second-order valence-electron chi connectivity index (χ2n) is 4.96. The zero-order valence-electron chi connectivity index (χ0n) is 9.22. The lowest BCUT2D eigenvalue weighted by molar-refractivity contribution is -0.152. The van der Waals surface area contributed by atoms with Crippen molar-refractivity contribution in [1.82, 2.24) is 0 Å². The molecule has 0 heterocycles. The van der Waals surface area contributed by atoms with E-state index in [0.29, 0.717) is 12.3 Å². The normalized spacial score (nSPS) is 17.2. The van der Waals surface area contributed by atoms with Gasteiger partial charge in [0.05, 0.1) is 5.41 Å². The molecule has 0 aliphatic carbocycles. The third-order valence-electron chi connectivity index (χ3n) is 2.71. The Hall–Kier alpha value is -0.570.